The van der Waals surface area contributed by atoms with Crippen molar-refractivity contribution in [2.45, 2.75) is 0 Å². The summed E-state index contributed by atoms with van der Waals surface area (Å²) in [6.45, 7) is 0. The monoisotopic (exact) mass is 250 g/mol. The Morgan fingerprint density at radius 3 is 1.19 bits per heavy atom. The van der Waals surface area contributed by atoms with Crippen molar-refractivity contribution < 1.29 is 28.6 Å². The van der Waals surface area contributed by atoms with Crippen LogP contribution in [0.2, 0.25) is 0 Å². The highest BCUT2D eigenvalue weighted by molar-refractivity contribution is 7.60. The van der Waals surface area contributed by atoms with Crippen LogP contribution in [0.25, 0.3) is 0 Å². The molecule has 0 fully saturated rings. The quantitative estimate of drug-likeness (QED) is 0.374. The molecule has 0 spiro atoms. The van der Waals surface area contributed by atoms with Gasteiger partial charge in [-0.15, -0.1) is 0 Å². The molecule has 0 radical (unpaired) electrons. The molecule has 0 unspecified atom stereocenters. The summed E-state index contributed by atoms with van der Waals surface area (Å²) in [4.78, 5) is 33.2. The lowest BCUT2D eigenvalue weighted by atomic mass is 10.8. The van der Waals surface area contributed by atoms with Gasteiger partial charge in [0.15, 0.2) is 0 Å². The first-order valence-electron chi connectivity index (χ1n) is 4.46. The summed E-state index contributed by atoms with van der Waals surface area (Å²) in [6.07, 6.45) is 0.155. The zero-order valence-corrected chi connectivity index (χ0v) is 10.4. The molecule has 0 aromatic carbocycles. The first-order chi connectivity index (χ1) is 7.53. The number of rotatable bonds is 6. The first kappa shape index (κ1) is 14.8. The third-order valence-corrected chi connectivity index (χ3v) is 3.86. The van der Waals surface area contributed by atoms with Gasteiger partial charge in [-0.3, -0.25) is 14.4 Å². The van der Waals surface area contributed by atoms with Gasteiger partial charge in [-0.25, -0.2) is 0 Å². The van der Waals surface area contributed by atoms with E-state index in [1.807, 2.05) is 0 Å². The number of hydrogen-bond acceptors (Lipinski definition) is 6. The Labute approximate surface area is 95.0 Å². The predicted molar refractivity (Wildman–Crippen MR) is 57.6 cm³/mol. The van der Waals surface area contributed by atoms with Crippen molar-refractivity contribution in [2.24, 2.45) is 0 Å². The predicted octanol–water partition coefficient (Wildman–Crippen LogP) is -0.0127. The molecule has 0 saturated carbocycles. The fourth-order valence-electron chi connectivity index (χ4n) is 0.909. The fourth-order valence-corrected chi connectivity index (χ4v) is 2.73. The molecule has 0 aromatic rings. The molecule has 6 nitrogen and oxygen atoms in total. The summed E-state index contributed by atoms with van der Waals surface area (Å²) in [5.74, 6) is -1.34. The molecule has 0 saturated heterocycles. The standard InChI is InChI=1S/C9H15O6P/c1-13-7(10)4-16(5-8(11)14-2)6-9(12)15-3/h4-6H2,1-3H3. The number of carbonyl (C=O) groups is 3. The van der Waals surface area contributed by atoms with Crippen LogP contribution in [0.4, 0.5) is 0 Å². The van der Waals surface area contributed by atoms with Crippen LogP contribution in [0.3, 0.4) is 0 Å². The minimum Gasteiger partial charge on any atom is -0.469 e. The average Bonchev–Trinajstić information content (AvgIpc) is 2.28. The maximum atomic E-state index is 11.1. The molecule has 0 bridgehead atoms. The largest absolute Gasteiger partial charge is 0.469 e. The van der Waals surface area contributed by atoms with Gasteiger partial charge in [0.1, 0.15) is 0 Å². The molecule has 0 aromatic heterocycles. The Morgan fingerprint density at radius 1 is 0.750 bits per heavy atom. The Bertz CT molecular complexity index is 222. The molecular weight excluding hydrogens is 235 g/mol. The van der Waals surface area contributed by atoms with Crippen LogP contribution >= 0.6 is 7.92 Å². The van der Waals surface area contributed by atoms with E-state index in [0.29, 0.717) is 0 Å². The number of carbonyl (C=O) groups excluding carboxylic acids is 3. The van der Waals surface area contributed by atoms with E-state index in [-0.39, 0.29) is 18.5 Å². The van der Waals surface area contributed by atoms with Crippen molar-refractivity contribution in [3.8, 4) is 0 Å². The molecule has 7 heteroatoms. The van der Waals surface area contributed by atoms with E-state index in [1.165, 1.54) is 21.3 Å². The summed E-state index contributed by atoms with van der Waals surface area (Å²) in [5.41, 5.74) is 0. The zero-order chi connectivity index (χ0) is 12.6. The van der Waals surface area contributed by atoms with Crippen LogP contribution in [0, 0.1) is 0 Å². The van der Waals surface area contributed by atoms with Crippen LogP contribution in [-0.4, -0.2) is 57.7 Å². The Balaban J connectivity index is 4.31. The third-order valence-electron chi connectivity index (χ3n) is 1.74. The van der Waals surface area contributed by atoms with Crippen LogP contribution in [-0.2, 0) is 28.6 Å². The van der Waals surface area contributed by atoms with Gasteiger partial charge in [-0.05, 0) is 0 Å². The van der Waals surface area contributed by atoms with Gasteiger partial charge in [-0.1, -0.05) is 7.92 Å². The normalized spacial score (nSPS) is 9.75. The van der Waals surface area contributed by atoms with E-state index < -0.39 is 25.8 Å². The number of hydrogen-bond donors (Lipinski definition) is 0. The van der Waals surface area contributed by atoms with Crippen molar-refractivity contribution in [1.29, 1.82) is 0 Å². The van der Waals surface area contributed by atoms with E-state index in [2.05, 4.69) is 14.2 Å². The summed E-state index contributed by atoms with van der Waals surface area (Å²) in [6, 6.07) is 0. The van der Waals surface area contributed by atoms with Gasteiger partial charge in [0.25, 0.3) is 0 Å². The minimum atomic E-state index is -1.12. The lowest BCUT2D eigenvalue weighted by Gasteiger charge is -2.13. The lowest BCUT2D eigenvalue weighted by Crippen LogP contribution is -2.17. The molecule has 0 heterocycles. The second-order valence-corrected chi connectivity index (χ2v) is 5.16. The molecule has 0 aliphatic rings. The highest BCUT2D eigenvalue weighted by Crippen LogP contribution is 2.35. The van der Waals surface area contributed by atoms with Crippen molar-refractivity contribution >= 4 is 25.8 Å². The van der Waals surface area contributed by atoms with E-state index >= 15 is 0 Å². The summed E-state index contributed by atoms with van der Waals surface area (Å²) >= 11 is 0. The zero-order valence-electron chi connectivity index (χ0n) is 9.52. The van der Waals surface area contributed by atoms with Crippen LogP contribution in [0.5, 0.6) is 0 Å². The molecule has 0 N–H and O–H groups in total. The van der Waals surface area contributed by atoms with Gasteiger partial charge in [0.05, 0.1) is 39.8 Å². The summed E-state index contributed by atoms with van der Waals surface area (Å²) in [5, 5.41) is 0. The molecule has 0 amide bonds. The molecule has 92 valence electrons. The number of ether oxygens (including phenoxy) is 3. The molecular formula is C9H15O6P. The molecule has 0 aliphatic carbocycles. The molecule has 0 atom stereocenters. The fraction of sp³-hybridized carbons (Fsp3) is 0.667. The second kappa shape index (κ2) is 8.05. The van der Waals surface area contributed by atoms with Gasteiger partial charge in [0.2, 0.25) is 0 Å². The third kappa shape index (κ3) is 6.35. The second-order valence-electron chi connectivity index (χ2n) is 2.87. The van der Waals surface area contributed by atoms with Gasteiger partial charge in [0, 0.05) is 0 Å². The van der Waals surface area contributed by atoms with Crippen molar-refractivity contribution in [2.75, 3.05) is 39.8 Å². The first-order valence-corrected chi connectivity index (χ1v) is 6.36. The number of methoxy groups -OCH3 is 3. The average molecular weight is 250 g/mol. The Morgan fingerprint density at radius 2 is 1.00 bits per heavy atom. The highest BCUT2D eigenvalue weighted by Gasteiger charge is 2.21. The summed E-state index contributed by atoms with van der Waals surface area (Å²) < 4.78 is 13.5. The topological polar surface area (TPSA) is 78.9 Å². The van der Waals surface area contributed by atoms with Crippen molar-refractivity contribution in [3.63, 3.8) is 0 Å². The van der Waals surface area contributed by atoms with E-state index in [0.717, 1.165) is 0 Å². The Hall–Kier alpha value is -1.16. The Kier molecular flexibility index (Phi) is 7.46. The van der Waals surface area contributed by atoms with Gasteiger partial charge >= 0.3 is 17.9 Å². The van der Waals surface area contributed by atoms with Gasteiger partial charge in [-0.2, -0.15) is 0 Å². The van der Waals surface area contributed by atoms with Crippen LogP contribution in [0.1, 0.15) is 0 Å². The summed E-state index contributed by atoms with van der Waals surface area (Å²) in [7, 11) is 2.65. The molecule has 0 aliphatic heterocycles. The van der Waals surface area contributed by atoms with E-state index in [9.17, 15) is 14.4 Å². The van der Waals surface area contributed by atoms with E-state index in [1.54, 1.807) is 0 Å². The SMILES string of the molecule is COC(=O)CP(CC(=O)OC)CC(=O)OC. The van der Waals surface area contributed by atoms with Crippen molar-refractivity contribution in [1.82, 2.24) is 0 Å². The highest BCUT2D eigenvalue weighted by atomic mass is 31.1. The van der Waals surface area contributed by atoms with Crippen LogP contribution < -0.4 is 0 Å². The molecule has 0 rings (SSSR count). The van der Waals surface area contributed by atoms with E-state index in [4.69, 9.17) is 0 Å². The minimum absolute atomic E-state index is 0.0516. The van der Waals surface area contributed by atoms with Crippen LogP contribution in [0.15, 0.2) is 0 Å². The number of esters is 3. The maximum Gasteiger partial charge on any atom is 0.309 e. The molecule has 16 heavy (non-hydrogen) atoms. The van der Waals surface area contributed by atoms with Crippen molar-refractivity contribution in [3.05, 3.63) is 0 Å². The smallest absolute Gasteiger partial charge is 0.309 e. The lowest BCUT2D eigenvalue weighted by molar-refractivity contribution is -0.137. The van der Waals surface area contributed by atoms with Gasteiger partial charge < -0.3 is 14.2 Å². The maximum absolute atomic E-state index is 11.1.